The Balaban J connectivity index is 1.79. The zero-order chi connectivity index (χ0) is 18.8. The fourth-order valence-corrected chi connectivity index (χ4v) is 3.90. The molecule has 0 amide bonds. The molecule has 0 aliphatic carbocycles. The zero-order valence-electron chi connectivity index (χ0n) is 15.3. The molecule has 0 radical (unpaired) electrons. The highest BCUT2D eigenvalue weighted by atomic mass is 19.4. The van der Waals surface area contributed by atoms with Gasteiger partial charge in [0.05, 0.1) is 5.56 Å². The molecule has 0 unspecified atom stereocenters. The van der Waals surface area contributed by atoms with E-state index in [2.05, 4.69) is 21.9 Å². The summed E-state index contributed by atoms with van der Waals surface area (Å²) in [5, 5.41) is 0. The molecule has 1 fully saturated rings. The molecule has 5 heteroatoms. The molecule has 0 bridgehead atoms. The van der Waals surface area contributed by atoms with Gasteiger partial charge in [0.15, 0.2) is 0 Å². The van der Waals surface area contributed by atoms with Crippen LogP contribution in [-0.2, 0) is 18.3 Å². The molecule has 1 aliphatic heterocycles. The van der Waals surface area contributed by atoms with Crippen LogP contribution in [0.4, 0.5) is 13.2 Å². The summed E-state index contributed by atoms with van der Waals surface area (Å²) in [7, 11) is 3.93. The third-order valence-corrected chi connectivity index (χ3v) is 5.52. The lowest BCUT2D eigenvalue weighted by molar-refractivity contribution is -0.137. The maximum absolute atomic E-state index is 13.1. The topological polar surface area (TPSA) is 6.48 Å². The quantitative estimate of drug-likeness (QED) is 0.774. The maximum Gasteiger partial charge on any atom is 0.416 e. The third-order valence-electron chi connectivity index (χ3n) is 5.52. The highest BCUT2D eigenvalue weighted by molar-refractivity contribution is 5.32. The van der Waals surface area contributed by atoms with Gasteiger partial charge in [-0.05, 0) is 50.2 Å². The lowest BCUT2D eigenvalue weighted by Crippen LogP contribution is -2.50. The lowest BCUT2D eigenvalue weighted by Gasteiger charge is -2.47. The van der Waals surface area contributed by atoms with Crippen LogP contribution in [0.15, 0.2) is 54.6 Å². The normalized spacial score (nSPS) is 18.2. The van der Waals surface area contributed by atoms with Crippen LogP contribution in [0.2, 0.25) is 0 Å². The standard InChI is InChI=1S/C21H25F3N2/c1-25(2)20(18-9-6-10-19(15-18)21(22,23)24)11-13-26(14-12-20)16-17-7-4-3-5-8-17/h3-10,15H,11-14,16H2,1-2H3. The molecule has 0 spiro atoms. The molecule has 3 rings (SSSR count). The van der Waals surface area contributed by atoms with Gasteiger partial charge in [0, 0.05) is 25.2 Å². The van der Waals surface area contributed by atoms with E-state index in [1.165, 1.54) is 17.7 Å². The average Bonchev–Trinajstić information content (AvgIpc) is 2.62. The first-order valence-electron chi connectivity index (χ1n) is 8.93. The predicted octanol–water partition coefficient (Wildman–Crippen LogP) is 4.76. The molecule has 0 N–H and O–H groups in total. The van der Waals surface area contributed by atoms with E-state index < -0.39 is 11.7 Å². The highest BCUT2D eigenvalue weighted by Crippen LogP contribution is 2.40. The summed E-state index contributed by atoms with van der Waals surface area (Å²) in [6.07, 6.45) is -2.68. The minimum absolute atomic E-state index is 0.353. The predicted molar refractivity (Wildman–Crippen MR) is 97.8 cm³/mol. The summed E-state index contributed by atoms with van der Waals surface area (Å²) in [4.78, 5) is 4.47. The fraction of sp³-hybridized carbons (Fsp3) is 0.429. The van der Waals surface area contributed by atoms with E-state index in [0.717, 1.165) is 44.1 Å². The van der Waals surface area contributed by atoms with Crippen LogP contribution in [-0.4, -0.2) is 37.0 Å². The first-order chi connectivity index (χ1) is 12.3. The Morgan fingerprint density at radius 1 is 0.962 bits per heavy atom. The van der Waals surface area contributed by atoms with Gasteiger partial charge in [-0.1, -0.05) is 42.5 Å². The summed E-state index contributed by atoms with van der Waals surface area (Å²) in [5.41, 5.74) is 1.11. The Kier molecular flexibility index (Phi) is 5.39. The molecule has 26 heavy (non-hydrogen) atoms. The van der Waals surface area contributed by atoms with Gasteiger partial charge in [-0.2, -0.15) is 13.2 Å². The number of hydrogen-bond acceptors (Lipinski definition) is 2. The summed E-state index contributed by atoms with van der Waals surface area (Å²) >= 11 is 0. The van der Waals surface area contributed by atoms with E-state index >= 15 is 0 Å². The zero-order valence-corrected chi connectivity index (χ0v) is 15.3. The van der Waals surface area contributed by atoms with Crippen molar-refractivity contribution < 1.29 is 13.2 Å². The number of rotatable bonds is 4. The third kappa shape index (κ3) is 3.94. The van der Waals surface area contributed by atoms with E-state index in [1.807, 2.05) is 38.4 Å². The van der Waals surface area contributed by atoms with Crippen molar-refractivity contribution >= 4 is 0 Å². The molecule has 2 aromatic rings. The second-order valence-electron chi connectivity index (χ2n) is 7.27. The average molecular weight is 362 g/mol. The molecule has 0 atom stereocenters. The number of hydrogen-bond donors (Lipinski definition) is 0. The second-order valence-corrected chi connectivity index (χ2v) is 7.27. The smallest absolute Gasteiger partial charge is 0.300 e. The van der Waals surface area contributed by atoms with Gasteiger partial charge in [0.1, 0.15) is 0 Å². The van der Waals surface area contributed by atoms with Gasteiger partial charge in [0.2, 0.25) is 0 Å². The summed E-state index contributed by atoms with van der Waals surface area (Å²) < 4.78 is 39.4. The van der Waals surface area contributed by atoms with Crippen molar-refractivity contribution in [3.8, 4) is 0 Å². The number of piperidine rings is 1. The molecular weight excluding hydrogens is 337 g/mol. The van der Waals surface area contributed by atoms with E-state index in [-0.39, 0.29) is 5.54 Å². The molecule has 1 heterocycles. The molecule has 1 aliphatic rings. The van der Waals surface area contributed by atoms with Crippen molar-refractivity contribution in [2.45, 2.75) is 31.1 Å². The van der Waals surface area contributed by atoms with Crippen LogP contribution in [0.3, 0.4) is 0 Å². The van der Waals surface area contributed by atoms with E-state index in [1.54, 1.807) is 0 Å². The maximum atomic E-state index is 13.1. The molecule has 140 valence electrons. The van der Waals surface area contributed by atoms with Crippen molar-refractivity contribution in [1.82, 2.24) is 9.80 Å². The fourth-order valence-electron chi connectivity index (χ4n) is 3.90. The van der Waals surface area contributed by atoms with Crippen LogP contribution in [0.25, 0.3) is 0 Å². The molecule has 2 aromatic carbocycles. The lowest BCUT2D eigenvalue weighted by atomic mass is 9.79. The van der Waals surface area contributed by atoms with E-state index in [4.69, 9.17) is 0 Å². The second kappa shape index (κ2) is 7.41. The summed E-state index contributed by atoms with van der Waals surface area (Å²) in [6.45, 7) is 2.61. The van der Waals surface area contributed by atoms with E-state index in [0.29, 0.717) is 0 Å². The van der Waals surface area contributed by atoms with Gasteiger partial charge in [-0.15, -0.1) is 0 Å². The summed E-state index contributed by atoms with van der Waals surface area (Å²) in [6, 6.07) is 16.1. The van der Waals surface area contributed by atoms with E-state index in [9.17, 15) is 13.2 Å². The highest BCUT2D eigenvalue weighted by Gasteiger charge is 2.40. The molecule has 0 aromatic heterocycles. The minimum atomic E-state index is -4.31. The molecule has 0 saturated carbocycles. The molecule has 1 saturated heterocycles. The van der Waals surface area contributed by atoms with Crippen molar-refractivity contribution in [1.29, 1.82) is 0 Å². The van der Waals surface area contributed by atoms with Gasteiger partial charge < -0.3 is 0 Å². The number of alkyl halides is 3. The van der Waals surface area contributed by atoms with Gasteiger partial charge in [-0.3, -0.25) is 9.80 Å². The van der Waals surface area contributed by atoms with Crippen LogP contribution in [0.1, 0.15) is 29.5 Å². The van der Waals surface area contributed by atoms with Crippen molar-refractivity contribution in [3.05, 3.63) is 71.3 Å². The van der Waals surface area contributed by atoms with Crippen molar-refractivity contribution in [2.24, 2.45) is 0 Å². The van der Waals surface area contributed by atoms with Gasteiger partial charge in [0.25, 0.3) is 0 Å². The number of benzene rings is 2. The van der Waals surface area contributed by atoms with Gasteiger partial charge >= 0.3 is 6.18 Å². The largest absolute Gasteiger partial charge is 0.416 e. The monoisotopic (exact) mass is 362 g/mol. The Morgan fingerprint density at radius 3 is 2.19 bits per heavy atom. The first kappa shape index (κ1) is 18.9. The van der Waals surface area contributed by atoms with Crippen LogP contribution in [0, 0.1) is 0 Å². The Labute approximate surface area is 153 Å². The van der Waals surface area contributed by atoms with Crippen molar-refractivity contribution in [3.63, 3.8) is 0 Å². The molecular formula is C21H25F3N2. The van der Waals surface area contributed by atoms with Crippen LogP contribution in [0.5, 0.6) is 0 Å². The number of nitrogens with zero attached hydrogens (tertiary/aromatic N) is 2. The minimum Gasteiger partial charge on any atom is -0.300 e. The Hall–Kier alpha value is -1.85. The van der Waals surface area contributed by atoms with Crippen molar-refractivity contribution in [2.75, 3.05) is 27.2 Å². The van der Waals surface area contributed by atoms with Crippen LogP contribution >= 0.6 is 0 Å². The number of likely N-dealkylation sites (tertiary alicyclic amines) is 1. The number of halogens is 3. The summed E-state index contributed by atoms with van der Waals surface area (Å²) in [5.74, 6) is 0. The Morgan fingerprint density at radius 2 is 1.62 bits per heavy atom. The first-order valence-corrected chi connectivity index (χ1v) is 8.93. The SMILES string of the molecule is CN(C)C1(c2cccc(C(F)(F)F)c2)CCN(Cc2ccccc2)CC1. The van der Waals surface area contributed by atoms with Crippen LogP contribution < -0.4 is 0 Å². The van der Waals surface area contributed by atoms with Gasteiger partial charge in [-0.25, -0.2) is 0 Å². The Bertz CT molecular complexity index is 718. The molecule has 2 nitrogen and oxygen atoms in total.